The average Bonchev–Trinajstić information content (AvgIpc) is 3.91. The highest BCUT2D eigenvalue weighted by molar-refractivity contribution is 7.18. The van der Waals surface area contributed by atoms with Crippen molar-refractivity contribution in [1.29, 1.82) is 0 Å². The monoisotopic (exact) mass is 685 g/mol. The number of aromatic amines is 2. The first-order valence-electron chi connectivity index (χ1n) is 17.6. The molecule has 49 heavy (non-hydrogen) atoms. The van der Waals surface area contributed by atoms with Crippen molar-refractivity contribution in [1.82, 2.24) is 30.8 Å². The number of nitrogens with zero attached hydrogens (tertiary/aromatic N) is 2. The Morgan fingerprint density at radius 1 is 1.08 bits per heavy atom. The van der Waals surface area contributed by atoms with Gasteiger partial charge in [-0.05, 0) is 85.7 Å². The molecule has 1 aliphatic rings. The molecule has 4 heterocycles. The molecule has 0 saturated carbocycles. The van der Waals surface area contributed by atoms with Gasteiger partial charge in [0.05, 0.1) is 35.4 Å². The summed E-state index contributed by atoms with van der Waals surface area (Å²) in [4.78, 5) is 34.7. The van der Waals surface area contributed by atoms with Crippen LogP contribution in [0.1, 0.15) is 83.3 Å². The van der Waals surface area contributed by atoms with E-state index in [1.54, 1.807) is 18.4 Å². The fraction of sp³-hybridized carbons (Fsp3) is 0.474. The van der Waals surface area contributed by atoms with Gasteiger partial charge < -0.3 is 30.6 Å². The van der Waals surface area contributed by atoms with Gasteiger partial charge in [0.1, 0.15) is 11.9 Å². The topological polar surface area (TPSA) is 144 Å². The summed E-state index contributed by atoms with van der Waals surface area (Å²) in [7, 11) is 1.69. The molecule has 1 unspecified atom stereocenters. The quantitative estimate of drug-likeness (QED) is 0.0627. The number of nitrogens with one attached hydrogen (secondary N) is 4. The molecular formula is C38H51N7O3S. The molecule has 0 aliphatic carbocycles. The number of imidazole rings is 1. The van der Waals surface area contributed by atoms with Crippen LogP contribution in [0, 0.1) is 11.8 Å². The van der Waals surface area contributed by atoms with Crippen LogP contribution in [0.15, 0.2) is 54.7 Å². The number of likely N-dealkylation sites (tertiary alicyclic amines) is 1. The van der Waals surface area contributed by atoms with E-state index in [4.69, 9.17) is 15.6 Å². The lowest BCUT2D eigenvalue weighted by atomic mass is 9.88. The molecule has 0 spiro atoms. The van der Waals surface area contributed by atoms with E-state index in [0.717, 1.165) is 48.5 Å². The van der Waals surface area contributed by atoms with Crippen LogP contribution in [0.4, 0.5) is 0 Å². The van der Waals surface area contributed by atoms with Gasteiger partial charge in [-0.2, -0.15) is 11.0 Å². The summed E-state index contributed by atoms with van der Waals surface area (Å²) in [6.07, 6.45) is 6.58. The predicted molar refractivity (Wildman–Crippen MR) is 198 cm³/mol. The Kier molecular flexibility index (Phi) is 11.2. The number of carbonyl (C=O) groups excluding carboxylic acids is 1. The van der Waals surface area contributed by atoms with Gasteiger partial charge in [-0.25, -0.2) is 4.98 Å². The molecule has 1 amide bonds. The van der Waals surface area contributed by atoms with Gasteiger partial charge in [-0.1, -0.05) is 52.0 Å². The number of carbonyl (C=O) groups is 1. The maximum Gasteiger partial charge on any atom is 0.242 e. The van der Waals surface area contributed by atoms with Crippen molar-refractivity contribution >= 4 is 38.9 Å². The molecule has 1 fully saturated rings. The summed E-state index contributed by atoms with van der Waals surface area (Å²) in [6.45, 7) is 9.64. The van der Waals surface area contributed by atoms with Gasteiger partial charge in [0.15, 0.2) is 0 Å². The van der Waals surface area contributed by atoms with E-state index in [2.05, 4.69) is 83.3 Å². The number of rotatable bonds is 15. The predicted octanol–water partition coefficient (Wildman–Crippen LogP) is 7.49. The zero-order chi connectivity index (χ0) is 34.7. The van der Waals surface area contributed by atoms with Gasteiger partial charge in [-0.15, -0.1) is 11.3 Å². The summed E-state index contributed by atoms with van der Waals surface area (Å²) in [5.41, 5.74) is 15.9. The van der Waals surface area contributed by atoms with Gasteiger partial charge in [0, 0.05) is 39.8 Å². The third kappa shape index (κ3) is 7.47. The maximum atomic E-state index is 13.2. The fourth-order valence-electron chi connectivity index (χ4n) is 7.26. The first-order chi connectivity index (χ1) is 23.7. The van der Waals surface area contributed by atoms with E-state index >= 15 is 0 Å². The Morgan fingerprint density at radius 2 is 1.88 bits per heavy atom. The molecule has 1 saturated heterocycles. The summed E-state index contributed by atoms with van der Waals surface area (Å²) >= 11 is 1.73. The molecular weight excluding hydrogens is 635 g/mol. The van der Waals surface area contributed by atoms with Crippen molar-refractivity contribution in [3.8, 4) is 21.0 Å². The van der Waals surface area contributed by atoms with Crippen LogP contribution in [-0.2, 0) is 9.63 Å². The van der Waals surface area contributed by atoms with Crippen molar-refractivity contribution < 1.29 is 14.8 Å². The number of thiophene rings is 1. The Bertz CT molecular complexity index is 1860. The minimum absolute atomic E-state index is 0.0256. The molecule has 4 atom stereocenters. The first kappa shape index (κ1) is 35.3. The Morgan fingerprint density at radius 3 is 2.61 bits per heavy atom. The van der Waals surface area contributed by atoms with E-state index in [1.165, 1.54) is 37.8 Å². The number of fused-ring (bicyclic) bond motifs is 3. The smallest absolute Gasteiger partial charge is 0.242 e. The summed E-state index contributed by atoms with van der Waals surface area (Å²) in [5.74, 6) is 1.46. The maximum absolute atomic E-state index is 13.2. The van der Waals surface area contributed by atoms with Crippen LogP contribution < -0.4 is 16.7 Å². The zero-order valence-electron chi connectivity index (χ0n) is 29.3. The first-order valence-corrected chi connectivity index (χ1v) is 18.4. The van der Waals surface area contributed by atoms with Crippen LogP contribution in [0.5, 0.6) is 0 Å². The van der Waals surface area contributed by atoms with Crippen LogP contribution >= 0.6 is 11.3 Å². The van der Waals surface area contributed by atoms with E-state index < -0.39 is 6.04 Å². The highest BCUT2D eigenvalue weighted by Crippen LogP contribution is 2.39. The Balaban J connectivity index is 1.22. The fourth-order valence-corrected chi connectivity index (χ4v) is 8.23. The number of hydroxylamine groups is 2. The van der Waals surface area contributed by atoms with Gasteiger partial charge in [0.2, 0.25) is 5.91 Å². The van der Waals surface area contributed by atoms with Gasteiger partial charge in [0.25, 0.3) is 0 Å². The van der Waals surface area contributed by atoms with Crippen molar-refractivity contribution in [2.24, 2.45) is 17.6 Å². The van der Waals surface area contributed by atoms with Crippen LogP contribution in [0.3, 0.4) is 0 Å². The third-order valence-corrected chi connectivity index (χ3v) is 11.3. The number of H-pyrrole nitrogens is 2. The Hall–Kier alpha value is -3.58. The lowest BCUT2D eigenvalue weighted by molar-refractivity contribution is -0.138. The summed E-state index contributed by atoms with van der Waals surface area (Å²) < 4.78 is 0. The number of nitrogens with two attached hydrogens (primary N) is 1. The normalized spacial score (nSPS) is 17.2. The van der Waals surface area contributed by atoms with Crippen LogP contribution in [-0.4, -0.2) is 63.2 Å². The zero-order valence-corrected chi connectivity index (χ0v) is 30.1. The van der Waals surface area contributed by atoms with Crippen molar-refractivity contribution in [2.45, 2.75) is 83.8 Å². The highest BCUT2D eigenvalue weighted by atomic mass is 32.1. The second-order valence-electron chi connectivity index (χ2n) is 14.1. The molecule has 0 radical (unpaired) electrons. The second-order valence-corrected chi connectivity index (χ2v) is 15.2. The van der Waals surface area contributed by atoms with Crippen LogP contribution in [0.25, 0.3) is 42.7 Å². The number of amides is 1. The lowest BCUT2D eigenvalue weighted by Gasteiger charge is -2.28. The summed E-state index contributed by atoms with van der Waals surface area (Å²) in [6, 6.07) is 17.3. The minimum atomic E-state index is -0.633. The second kappa shape index (κ2) is 15.5. The molecule has 10 nitrogen and oxygen atoms in total. The standard InChI is InChI=1S/C38H51N7O3S/c1-22(2)29(44-48-5)19-25(8-6-16-39)30-20-27-11-10-24-18-26(12-13-28(24)36(27)41-30)33-14-15-34(49-33)31-21-40-37(42-31)32-9-7-17-45(32)38(46)35(43-47)23(3)4/h10-15,18,20-23,25,29,32,35,41,43-44,47H,6-9,16-17,19,39H2,1-5H3,(H,40,42)/t25?,29-,32+,35+/m1/s1. The molecule has 0 bridgehead atoms. The van der Waals surface area contributed by atoms with E-state index in [-0.39, 0.29) is 23.9 Å². The number of aromatic nitrogens is 3. The Labute approximate surface area is 292 Å². The van der Waals surface area contributed by atoms with E-state index in [0.29, 0.717) is 24.9 Å². The highest BCUT2D eigenvalue weighted by Gasteiger charge is 2.36. The lowest BCUT2D eigenvalue weighted by Crippen LogP contribution is -2.48. The minimum Gasteiger partial charge on any atom is -0.358 e. The number of hydrogen-bond acceptors (Lipinski definition) is 8. The van der Waals surface area contributed by atoms with E-state index in [9.17, 15) is 10.0 Å². The largest absolute Gasteiger partial charge is 0.358 e. The molecule has 3 aromatic heterocycles. The molecule has 1 aliphatic heterocycles. The summed E-state index contributed by atoms with van der Waals surface area (Å²) in [5, 5.41) is 13.2. The molecule has 262 valence electrons. The number of hydrogen-bond donors (Lipinski definition) is 6. The molecule has 11 heteroatoms. The molecule has 7 N–H and O–H groups in total. The van der Waals surface area contributed by atoms with Crippen molar-refractivity contribution in [2.75, 3.05) is 20.2 Å². The number of benzene rings is 2. The van der Waals surface area contributed by atoms with Crippen molar-refractivity contribution in [3.63, 3.8) is 0 Å². The van der Waals surface area contributed by atoms with E-state index in [1.807, 2.05) is 24.9 Å². The molecule has 5 aromatic rings. The van der Waals surface area contributed by atoms with Gasteiger partial charge >= 0.3 is 0 Å². The molecule has 2 aromatic carbocycles. The molecule has 6 rings (SSSR count). The average molecular weight is 686 g/mol. The van der Waals surface area contributed by atoms with Gasteiger partial charge in [-0.3, -0.25) is 4.79 Å². The van der Waals surface area contributed by atoms with Crippen LogP contribution in [0.2, 0.25) is 0 Å². The van der Waals surface area contributed by atoms with Crippen molar-refractivity contribution in [3.05, 3.63) is 66.2 Å². The SMILES string of the molecule is CON[C@H](CC(CCCN)c1cc2ccc3cc(-c4ccc(-c5cnc([C@@H]6CCCN6C(=O)[C@@H](NO)C(C)C)[nH]5)s4)ccc3c2[nH]1)C(C)C. The third-order valence-electron chi connectivity index (χ3n) is 10.1.